The summed E-state index contributed by atoms with van der Waals surface area (Å²) in [6.45, 7) is 2.27. The molecule has 0 aromatic carbocycles. The molecule has 2 fully saturated rings. The van der Waals surface area contributed by atoms with Crippen molar-refractivity contribution in [3.63, 3.8) is 0 Å². The smallest absolute Gasteiger partial charge is 0.388 e. The fraction of sp³-hybridized carbons (Fsp3) is 1.00. The summed E-state index contributed by atoms with van der Waals surface area (Å²) in [6.07, 6.45) is -5.95. The van der Waals surface area contributed by atoms with Crippen molar-refractivity contribution in [2.45, 2.75) is 80.7 Å². The first-order valence-corrected chi connectivity index (χ1v) is 10.9. The maximum atomic E-state index is 11.3. The molecular weight excluding hydrogens is 410 g/mol. The highest BCUT2D eigenvalue weighted by molar-refractivity contribution is 7.80. The van der Waals surface area contributed by atoms with Gasteiger partial charge in [0.15, 0.2) is 6.29 Å². The summed E-state index contributed by atoms with van der Waals surface area (Å²) in [5, 5.41) is 23.3. The van der Waals surface area contributed by atoms with E-state index in [1.807, 2.05) is 6.92 Å². The highest BCUT2D eigenvalue weighted by Crippen LogP contribution is 2.28. The van der Waals surface area contributed by atoms with Gasteiger partial charge in [-0.3, -0.25) is 4.55 Å². The Labute approximate surface area is 170 Å². The molecule has 13 nitrogen and oxygen atoms in total. The van der Waals surface area contributed by atoms with Crippen molar-refractivity contribution in [3.8, 4) is 0 Å². The molecule has 0 amide bonds. The molecule has 2 rings (SSSR count). The number of aliphatic hydroxyl groups is 2. The molecule has 0 radical (unpaired) electrons. The second-order valence-corrected chi connectivity index (χ2v) is 8.52. The fourth-order valence-electron chi connectivity index (χ4n) is 3.73. The van der Waals surface area contributed by atoms with Gasteiger partial charge in [-0.2, -0.15) is 8.42 Å². The molecule has 1 saturated heterocycles. The van der Waals surface area contributed by atoms with Gasteiger partial charge in [0.05, 0.1) is 18.2 Å². The fourth-order valence-corrected chi connectivity index (χ4v) is 4.27. The molecular formula is C15H33N5O8S. The number of hydrogen-bond acceptors (Lipinski definition) is 12. The standard InChI is InChI=1S/C15H33N5O8S/c1-2-3-20-10-13(6(17)4-7(18)14(10)28-29(23,24)25)27-15-9(19)12(22)11(21)8(5-16)26-15/h6-15,20-22H,2-5,16-19H2,1H3,(H,23,24,25)/t6-,7+,8+,9+,10+,11+,12+,13+,14-,15+/m0/s1. The topological polar surface area (TPSA) is 239 Å². The van der Waals surface area contributed by atoms with E-state index in [0.717, 1.165) is 0 Å². The average Bonchev–Trinajstić information content (AvgIpc) is 2.64. The molecule has 172 valence electrons. The lowest BCUT2D eigenvalue weighted by atomic mass is 9.82. The molecule has 1 heterocycles. The van der Waals surface area contributed by atoms with Crippen LogP contribution in [-0.4, -0.2) is 97.3 Å². The lowest BCUT2D eigenvalue weighted by molar-refractivity contribution is -0.278. The van der Waals surface area contributed by atoms with Gasteiger partial charge in [0, 0.05) is 18.6 Å². The summed E-state index contributed by atoms with van der Waals surface area (Å²) >= 11 is 0. The number of aliphatic hydroxyl groups excluding tert-OH is 2. The zero-order valence-corrected chi connectivity index (χ0v) is 17.0. The predicted molar refractivity (Wildman–Crippen MR) is 102 cm³/mol. The number of nitrogens with one attached hydrogen (secondary N) is 1. The monoisotopic (exact) mass is 443 g/mol. The summed E-state index contributed by atoms with van der Waals surface area (Å²) in [4.78, 5) is 0. The maximum Gasteiger partial charge on any atom is 0.397 e. The zero-order chi connectivity index (χ0) is 21.9. The molecule has 14 heteroatoms. The van der Waals surface area contributed by atoms with Crippen LogP contribution in [0.2, 0.25) is 0 Å². The van der Waals surface area contributed by atoms with E-state index in [4.69, 9.17) is 41.1 Å². The van der Waals surface area contributed by atoms with Gasteiger partial charge in [-0.25, -0.2) is 4.18 Å². The van der Waals surface area contributed by atoms with Crippen LogP contribution in [0.15, 0.2) is 0 Å². The van der Waals surface area contributed by atoms with Gasteiger partial charge in [-0.1, -0.05) is 6.92 Å². The van der Waals surface area contributed by atoms with Gasteiger partial charge in [0.25, 0.3) is 0 Å². The highest BCUT2D eigenvalue weighted by atomic mass is 32.3. The Kier molecular flexibility index (Phi) is 8.73. The first-order valence-electron chi connectivity index (χ1n) is 9.53. The van der Waals surface area contributed by atoms with E-state index < -0.39 is 71.4 Å². The van der Waals surface area contributed by atoms with Crippen molar-refractivity contribution in [1.29, 1.82) is 0 Å². The molecule has 1 aliphatic carbocycles. The van der Waals surface area contributed by atoms with Gasteiger partial charge >= 0.3 is 10.4 Å². The SMILES string of the molecule is CCCN[C@H]1[C@@H](OS(=O)(=O)O)[C@H](N)C[C@H](N)[C@H]1O[C@H]1O[C@H](CN)[C@@H](O)[C@H](O)[C@H]1N. The normalized spacial score (nSPS) is 44.0. The molecule has 10 atom stereocenters. The summed E-state index contributed by atoms with van der Waals surface area (Å²) in [7, 11) is -4.79. The summed E-state index contributed by atoms with van der Waals surface area (Å²) in [6, 6.07) is -3.39. The Morgan fingerprint density at radius 1 is 1.14 bits per heavy atom. The summed E-state index contributed by atoms with van der Waals surface area (Å²) in [5.41, 5.74) is 23.7. The molecule has 0 unspecified atom stereocenters. The van der Waals surface area contributed by atoms with Crippen LogP contribution in [0.4, 0.5) is 0 Å². The average molecular weight is 444 g/mol. The van der Waals surface area contributed by atoms with Crippen LogP contribution in [0, 0.1) is 0 Å². The summed E-state index contributed by atoms with van der Waals surface area (Å²) in [5.74, 6) is 0. The van der Waals surface area contributed by atoms with Crippen LogP contribution in [-0.2, 0) is 24.1 Å². The van der Waals surface area contributed by atoms with Gasteiger partial charge < -0.3 is 47.9 Å². The lowest BCUT2D eigenvalue weighted by Gasteiger charge is -2.47. The van der Waals surface area contributed by atoms with Crippen LogP contribution < -0.4 is 28.3 Å². The number of rotatable bonds is 8. The quantitative estimate of drug-likeness (QED) is 0.166. The third-order valence-electron chi connectivity index (χ3n) is 5.23. The highest BCUT2D eigenvalue weighted by Gasteiger charge is 2.49. The Morgan fingerprint density at radius 2 is 1.76 bits per heavy atom. The van der Waals surface area contributed by atoms with Gasteiger partial charge in [-0.15, -0.1) is 0 Å². The first-order chi connectivity index (χ1) is 13.5. The van der Waals surface area contributed by atoms with E-state index in [1.165, 1.54) is 0 Å². The number of nitrogens with two attached hydrogens (primary N) is 4. The molecule has 29 heavy (non-hydrogen) atoms. The second kappa shape index (κ2) is 10.2. The first kappa shape index (κ1) is 24.8. The maximum absolute atomic E-state index is 11.3. The Bertz CT molecular complexity index is 626. The lowest BCUT2D eigenvalue weighted by Crippen LogP contribution is -2.70. The van der Waals surface area contributed by atoms with Crippen molar-refractivity contribution in [2.75, 3.05) is 13.1 Å². The minimum absolute atomic E-state index is 0.0849. The van der Waals surface area contributed by atoms with Crippen LogP contribution in [0.25, 0.3) is 0 Å². The Balaban J connectivity index is 2.26. The van der Waals surface area contributed by atoms with Crippen LogP contribution in [0.3, 0.4) is 0 Å². The van der Waals surface area contributed by atoms with E-state index in [-0.39, 0.29) is 13.0 Å². The van der Waals surface area contributed by atoms with Crippen LogP contribution >= 0.6 is 0 Å². The van der Waals surface area contributed by atoms with Crippen molar-refractivity contribution >= 4 is 10.4 Å². The number of ether oxygens (including phenoxy) is 2. The van der Waals surface area contributed by atoms with E-state index in [2.05, 4.69) is 5.32 Å². The molecule has 1 saturated carbocycles. The minimum atomic E-state index is -4.79. The van der Waals surface area contributed by atoms with Crippen molar-refractivity contribution < 1.29 is 36.8 Å². The number of hydrogen-bond donors (Lipinski definition) is 8. The van der Waals surface area contributed by atoms with Gasteiger partial charge in [-0.05, 0) is 19.4 Å². The van der Waals surface area contributed by atoms with Crippen molar-refractivity contribution in [1.82, 2.24) is 5.32 Å². The third kappa shape index (κ3) is 6.03. The molecule has 2 aliphatic rings. The third-order valence-corrected chi connectivity index (χ3v) is 5.70. The van der Waals surface area contributed by atoms with Crippen LogP contribution in [0.5, 0.6) is 0 Å². The molecule has 12 N–H and O–H groups in total. The molecule has 0 bridgehead atoms. The van der Waals surface area contributed by atoms with E-state index in [1.54, 1.807) is 0 Å². The largest absolute Gasteiger partial charge is 0.397 e. The molecule has 0 aromatic heterocycles. The second-order valence-electron chi connectivity index (χ2n) is 7.47. The molecule has 0 spiro atoms. The molecule has 1 aliphatic heterocycles. The van der Waals surface area contributed by atoms with Gasteiger partial charge in [0.2, 0.25) is 0 Å². The van der Waals surface area contributed by atoms with Crippen molar-refractivity contribution in [2.24, 2.45) is 22.9 Å². The Hall–Kier alpha value is -0.490. The van der Waals surface area contributed by atoms with E-state index >= 15 is 0 Å². The Morgan fingerprint density at radius 3 is 2.31 bits per heavy atom. The van der Waals surface area contributed by atoms with E-state index in [0.29, 0.717) is 13.0 Å². The predicted octanol–water partition coefficient (Wildman–Crippen LogP) is -4.28. The zero-order valence-electron chi connectivity index (χ0n) is 16.2. The van der Waals surface area contributed by atoms with Gasteiger partial charge in [0.1, 0.15) is 24.4 Å². The minimum Gasteiger partial charge on any atom is -0.388 e. The summed E-state index contributed by atoms with van der Waals surface area (Å²) < 4.78 is 48.1. The van der Waals surface area contributed by atoms with E-state index in [9.17, 15) is 18.6 Å². The molecule has 0 aromatic rings. The van der Waals surface area contributed by atoms with Crippen LogP contribution in [0.1, 0.15) is 19.8 Å². The van der Waals surface area contributed by atoms with Crippen molar-refractivity contribution in [3.05, 3.63) is 0 Å².